The molecule has 11 nitrogen and oxygen atoms in total. The van der Waals surface area contributed by atoms with Gasteiger partial charge >= 0.3 is 6.36 Å². The molecule has 2 aromatic heterocycles. The molecule has 3 N–H and O–H groups in total. The van der Waals surface area contributed by atoms with E-state index in [4.69, 9.17) is 0 Å². The minimum atomic E-state index is -4.87. The number of fused-ring (bicyclic) bond motifs is 1. The number of Topliss-reactive ketones (excluding diaryl/α,β-unsaturated/α-hetero) is 1. The number of ketones is 1. The van der Waals surface area contributed by atoms with Crippen LogP contribution in [0.3, 0.4) is 0 Å². The van der Waals surface area contributed by atoms with Crippen molar-refractivity contribution in [2.75, 3.05) is 5.32 Å². The lowest BCUT2D eigenvalue weighted by Gasteiger charge is -2.13. The Labute approximate surface area is 201 Å². The van der Waals surface area contributed by atoms with E-state index in [0.717, 1.165) is 12.1 Å². The number of ether oxygens (including phenoxy) is 1. The van der Waals surface area contributed by atoms with Crippen molar-refractivity contribution in [1.82, 2.24) is 30.5 Å². The van der Waals surface area contributed by atoms with Crippen LogP contribution in [0.2, 0.25) is 0 Å². The van der Waals surface area contributed by atoms with Crippen molar-refractivity contribution in [3.05, 3.63) is 52.6 Å². The summed E-state index contributed by atoms with van der Waals surface area (Å²) in [5.41, 5.74) is 0.426. The summed E-state index contributed by atoms with van der Waals surface area (Å²) >= 11 is 0. The van der Waals surface area contributed by atoms with Crippen molar-refractivity contribution in [2.24, 2.45) is 0 Å². The normalized spacial score (nSPS) is 15.8. The monoisotopic (exact) mass is 503 g/mol. The SMILES string of the molecule is Cc1c(C(=O)C(=O)NC2(c3nn[nH]n3)CC2)c2n(c1C(=O)Nc1cccc(OC(F)(F)F)c1)CCC2. The van der Waals surface area contributed by atoms with E-state index in [-0.39, 0.29) is 16.9 Å². The zero-order valence-electron chi connectivity index (χ0n) is 18.9. The lowest BCUT2D eigenvalue weighted by atomic mass is 10.0. The number of hydrogen-bond donors (Lipinski definition) is 3. The molecule has 1 saturated carbocycles. The molecule has 0 saturated heterocycles. The molecular formula is C22H20F3N7O4. The maximum atomic E-state index is 13.2. The zero-order chi connectivity index (χ0) is 25.7. The number of alkyl halides is 3. The average Bonchev–Trinajstić information content (AvgIpc) is 3.16. The van der Waals surface area contributed by atoms with E-state index in [0.29, 0.717) is 49.3 Å². The van der Waals surface area contributed by atoms with Crippen LogP contribution in [0.25, 0.3) is 0 Å². The highest BCUT2D eigenvalue weighted by Gasteiger charge is 2.50. The Morgan fingerprint density at radius 2 is 2.00 bits per heavy atom. The summed E-state index contributed by atoms with van der Waals surface area (Å²) in [6.07, 6.45) is -2.60. The number of tetrazole rings is 1. The molecule has 3 heterocycles. The Bertz CT molecular complexity index is 1360. The second-order valence-corrected chi connectivity index (χ2v) is 8.68. The van der Waals surface area contributed by atoms with Crippen LogP contribution in [0, 0.1) is 6.92 Å². The second kappa shape index (κ2) is 8.46. The van der Waals surface area contributed by atoms with Gasteiger partial charge in [-0.3, -0.25) is 14.4 Å². The number of anilines is 1. The highest BCUT2D eigenvalue weighted by atomic mass is 19.4. The summed E-state index contributed by atoms with van der Waals surface area (Å²) in [4.78, 5) is 39.3. The molecule has 2 amide bonds. The lowest BCUT2D eigenvalue weighted by molar-refractivity contribution is -0.274. The minimum absolute atomic E-state index is 0.0797. The highest BCUT2D eigenvalue weighted by Crippen LogP contribution is 2.43. The molecule has 0 spiro atoms. The first kappa shape index (κ1) is 23.5. The fraction of sp³-hybridized carbons (Fsp3) is 0.364. The molecule has 0 unspecified atom stereocenters. The molecule has 3 aromatic rings. The third-order valence-electron chi connectivity index (χ3n) is 6.26. The van der Waals surface area contributed by atoms with Gasteiger partial charge in [-0.2, -0.15) is 5.21 Å². The van der Waals surface area contributed by atoms with Gasteiger partial charge in [0.05, 0.1) is 5.56 Å². The number of halogens is 3. The summed E-state index contributed by atoms with van der Waals surface area (Å²) < 4.78 is 43.2. The van der Waals surface area contributed by atoms with Gasteiger partial charge < -0.3 is 19.9 Å². The number of carbonyl (C=O) groups excluding carboxylic acids is 3. The van der Waals surface area contributed by atoms with Crippen molar-refractivity contribution < 1.29 is 32.3 Å². The van der Waals surface area contributed by atoms with Crippen molar-refractivity contribution >= 4 is 23.3 Å². The summed E-state index contributed by atoms with van der Waals surface area (Å²) in [6, 6.07) is 4.88. The number of benzene rings is 1. The first-order valence-corrected chi connectivity index (χ1v) is 11.1. The van der Waals surface area contributed by atoms with Crippen LogP contribution in [-0.4, -0.2) is 49.2 Å². The molecule has 36 heavy (non-hydrogen) atoms. The Morgan fingerprint density at radius 1 is 1.22 bits per heavy atom. The van der Waals surface area contributed by atoms with Crippen molar-refractivity contribution in [3.8, 4) is 5.75 Å². The van der Waals surface area contributed by atoms with E-state index in [1.54, 1.807) is 11.5 Å². The number of aromatic nitrogens is 5. The van der Waals surface area contributed by atoms with Gasteiger partial charge in [-0.1, -0.05) is 11.3 Å². The fourth-order valence-corrected chi connectivity index (χ4v) is 4.56. The molecule has 0 bridgehead atoms. The summed E-state index contributed by atoms with van der Waals surface area (Å²) in [7, 11) is 0. The molecule has 1 fully saturated rings. The zero-order valence-corrected chi connectivity index (χ0v) is 18.9. The largest absolute Gasteiger partial charge is 0.573 e. The molecule has 1 aliphatic heterocycles. The van der Waals surface area contributed by atoms with Gasteiger partial charge in [0.25, 0.3) is 17.6 Å². The van der Waals surface area contributed by atoms with Crippen LogP contribution < -0.4 is 15.4 Å². The lowest BCUT2D eigenvalue weighted by Crippen LogP contribution is -2.40. The molecule has 2 aliphatic rings. The number of hydrogen-bond acceptors (Lipinski definition) is 7. The van der Waals surface area contributed by atoms with Crippen molar-refractivity contribution in [2.45, 2.75) is 51.1 Å². The summed E-state index contributed by atoms with van der Waals surface area (Å²) in [6.45, 7) is 2.02. The number of aromatic amines is 1. The maximum Gasteiger partial charge on any atom is 0.573 e. The standard InChI is InChI=1S/C22H20F3N7O4/c1-11-15(17(33)19(35)27-21(7-8-21)20-28-30-31-29-20)14-6-3-9-32(14)16(11)18(34)26-12-4-2-5-13(10-12)36-22(23,24)25/h2,4-5,10H,3,6-9H2,1H3,(H,26,34)(H,27,35)(H,28,29,30,31). The van der Waals surface area contributed by atoms with E-state index < -0.39 is 35.2 Å². The van der Waals surface area contributed by atoms with Gasteiger partial charge in [-0.15, -0.1) is 23.4 Å². The van der Waals surface area contributed by atoms with Crippen LogP contribution in [0.5, 0.6) is 5.75 Å². The van der Waals surface area contributed by atoms with Crippen LogP contribution in [0.15, 0.2) is 24.3 Å². The fourth-order valence-electron chi connectivity index (χ4n) is 4.56. The Morgan fingerprint density at radius 3 is 2.67 bits per heavy atom. The summed E-state index contributed by atoms with van der Waals surface area (Å²) in [5.74, 6) is -2.44. The Kier molecular flexibility index (Phi) is 5.53. The molecule has 0 atom stereocenters. The number of carbonyl (C=O) groups is 3. The quantitative estimate of drug-likeness (QED) is 0.332. The van der Waals surface area contributed by atoms with E-state index in [1.165, 1.54) is 12.1 Å². The van der Waals surface area contributed by atoms with E-state index >= 15 is 0 Å². The third-order valence-corrected chi connectivity index (χ3v) is 6.26. The van der Waals surface area contributed by atoms with Crippen molar-refractivity contribution in [1.29, 1.82) is 0 Å². The number of H-pyrrole nitrogens is 1. The predicted octanol–water partition coefficient (Wildman–Crippen LogP) is 2.39. The highest BCUT2D eigenvalue weighted by molar-refractivity contribution is 6.44. The molecule has 188 valence electrons. The topological polar surface area (TPSA) is 144 Å². The molecule has 1 aliphatic carbocycles. The van der Waals surface area contributed by atoms with Gasteiger partial charge in [0, 0.05) is 24.0 Å². The van der Waals surface area contributed by atoms with Crippen LogP contribution in [0.1, 0.15) is 57.2 Å². The van der Waals surface area contributed by atoms with E-state index in [2.05, 4.69) is 36.0 Å². The number of rotatable bonds is 7. The second-order valence-electron chi connectivity index (χ2n) is 8.68. The molecular weight excluding hydrogens is 483 g/mol. The van der Waals surface area contributed by atoms with E-state index in [9.17, 15) is 27.6 Å². The van der Waals surface area contributed by atoms with Crippen LogP contribution >= 0.6 is 0 Å². The minimum Gasteiger partial charge on any atom is -0.406 e. The van der Waals surface area contributed by atoms with Crippen LogP contribution in [-0.2, 0) is 23.3 Å². The number of amides is 2. The van der Waals surface area contributed by atoms with Gasteiger partial charge in [0.15, 0.2) is 5.82 Å². The third kappa shape index (κ3) is 4.29. The van der Waals surface area contributed by atoms with Crippen molar-refractivity contribution in [3.63, 3.8) is 0 Å². The van der Waals surface area contributed by atoms with Gasteiger partial charge in [-0.05, 0) is 50.3 Å². The summed E-state index contributed by atoms with van der Waals surface area (Å²) in [5, 5.41) is 18.9. The van der Waals surface area contributed by atoms with E-state index in [1.807, 2.05) is 0 Å². The molecule has 1 aromatic carbocycles. The average molecular weight is 503 g/mol. The van der Waals surface area contributed by atoms with Crippen LogP contribution in [0.4, 0.5) is 18.9 Å². The van der Waals surface area contributed by atoms with Gasteiger partial charge in [0.1, 0.15) is 17.0 Å². The molecule has 14 heteroatoms. The predicted molar refractivity (Wildman–Crippen MR) is 116 cm³/mol. The first-order chi connectivity index (χ1) is 17.1. The Balaban J connectivity index is 1.39. The van der Waals surface area contributed by atoms with Gasteiger partial charge in [-0.25, -0.2) is 0 Å². The number of nitrogens with one attached hydrogen (secondary N) is 3. The smallest absolute Gasteiger partial charge is 0.406 e. The molecule has 0 radical (unpaired) electrons. The molecule has 5 rings (SSSR count). The first-order valence-electron chi connectivity index (χ1n) is 11.1. The number of nitrogens with zero attached hydrogens (tertiary/aromatic N) is 4. The maximum absolute atomic E-state index is 13.2. The Hall–Kier alpha value is -4.23. The van der Waals surface area contributed by atoms with Gasteiger partial charge in [0.2, 0.25) is 0 Å².